The number of rotatable bonds is 5. The van der Waals surface area contributed by atoms with Crippen molar-refractivity contribution >= 4 is 45.6 Å². The molecule has 1 unspecified atom stereocenters. The summed E-state index contributed by atoms with van der Waals surface area (Å²) in [6.45, 7) is 10.5. The number of methoxy groups -OCH3 is 1. The zero-order chi connectivity index (χ0) is 30.0. The molecule has 0 saturated heterocycles. The summed E-state index contributed by atoms with van der Waals surface area (Å²) in [5.74, 6) is 0.494. The molecule has 0 fully saturated rings. The molecule has 6 rings (SSSR count). The molecule has 3 N–H and O–H groups in total. The first kappa shape index (κ1) is 30.2. The van der Waals surface area contributed by atoms with E-state index in [9.17, 15) is 9.18 Å². The van der Waals surface area contributed by atoms with Gasteiger partial charge in [-0.05, 0) is 70.2 Å². The second-order valence-corrected chi connectivity index (χ2v) is 12.1. The minimum absolute atomic E-state index is 0. The summed E-state index contributed by atoms with van der Waals surface area (Å²) >= 11 is 0. The number of halogens is 2. The number of fused-ring (bicyclic) bond motifs is 2. The number of hydrogen-bond donors (Lipinski definition) is 2. The van der Waals surface area contributed by atoms with Crippen LogP contribution >= 0.6 is 12.4 Å². The highest BCUT2D eigenvalue weighted by molar-refractivity contribution is 5.99. The molecule has 1 aliphatic rings. The van der Waals surface area contributed by atoms with Gasteiger partial charge in [-0.15, -0.1) is 12.4 Å². The second kappa shape index (κ2) is 10.8. The lowest BCUT2D eigenvalue weighted by Gasteiger charge is -2.41. The third-order valence-corrected chi connectivity index (χ3v) is 7.66. The van der Waals surface area contributed by atoms with Gasteiger partial charge in [0.1, 0.15) is 41.2 Å². The topological polar surface area (TPSA) is 121 Å². The van der Waals surface area contributed by atoms with Gasteiger partial charge < -0.3 is 20.2 Å². The van der Waals surface area contributed by atoms with Gasteiger partial charge in [0.15, 0.2) is 5.65 Å². The molecule has 1 aliphatic heterocycles. The Bertz CT molecular complexity index is 1960. The standard InChI is InChI=1S/C32H33FN6O3.ClH/c1-17(39-29-25(28(34)35-16-36-29)26(37-39)18-11-20(33)13-21(12-18)41-6)27-24(19-14-31(2,3)38-32(4,5)15-19)22-9-7-8-10-23(22)30(40)42-27;/h7-14,16-17,38H,15H2,1-6H3,(H2,34,35,36);1H. The predicted octanol–water partition coefficient (Wildman–Crippen LogP) is 6.29. The smallest absolute Gasteiger partial charge is 0.343 e. The lowest BCUT2D eigenvalue weighted by molar-refractivity contribution is 0.296. The average molecular weight is 605 g/mol. The van der Waals surface area contributed by atoms with Gasteiger partial charge in [-0.3, -0.25) is 0 Å². The maximum absolute atomic E-state index is 14.6. The fourth-order valence-corrected chi connectivity index (χ4v) is 6.31. The number of hydrogen-bond acceptors (Lipinski definition) is 8. The summed E-state index contributed by atoms with van der Waals surface area (Å²) in [7, 11) is 1.47. The van der Waals surface area contributed by atoms with Crippen LogP contribution in [0.25, 0.3) is 38.6 Å². The molecule has 4 heterocycles. The fraction of sp³-hybridized carbons (Fsp3) is 0.312. The maximum atomic E-state index is 14.6. The first-order chi connectivity index (χ1) is 19.9. The van der Waals surface area contributed by atoms with Gasteiger partial charge in [0, 0.05) is 28.3 Å². The third kappa shape index (κ3) is 5.36. The first-order valence-corrected chi connectivity index (χ1v) is 13.8. The molecule has 0 spiro atoms. The van der Waals surface area contributed by atoms with Crippen LogP contribution in [-0.2, 0) is 0 Å². The molecule has 0 radical (unpaired) electrons. The Morgan fingerprint density at radius 3 is 2.53 bits per heavy atom. The van der Waals surface area contributed by atoms with Crippen LogP contribution < -0.4 is 21.4 Å². The molecular weight excluding hydrogens is 571 g/mol. The summed E-state index contributed by atoms with van der Waals surface area (Å²) in [6.07, 6.45) is 4.26. The number of benzene rings is 2. The number of nitrogens with two attached hydrogens (primary N) is 1. The Hall–Kier alpha value is -4.28. The van der Waals surface area contributed by atoms with Crippen molar-refractivity contribution in [2.24, 2.45) is 0 Å². The molecule has 224 valence electrons. The summed E-state index contributed by atoms with van der Waals surface area (Å²) in [4.78, 5) is 22.0. The number of aromatic nitrogens is 4. The highest BCUT2D eigenvalue weighted by Gasteiger charge is 2.35. The third-order valence-electron chi connectivity index (χ3n) is 7.66. The van der Waals surface area contributed by atoms with Crippen LogP contribution in [0, 0.1) is 5.82 Å². The van der Waals surface area contributed by atoms with E-state index in [1.807, 2.05) is 25.1 Å². The Labute approximate surface area is 254 Å². The van der Waals surface area contributed by atoms with Crippen molar-refractivity contribution in [3.63, 3.8) is 0 Å². The lowest BCUT2D eigenvalue weighted by Crippen LogP contribution is -2.53. The number of nitrogens with zero attached hydrogens (tertiary/aromatic N) is 4. The van der Waals surface area contributed by atoms with Gasteiger partial charge in [-0.25, -0.2) is 23.8 Å². The average Bonchev–Trinajstić information content (AvgIpc) is 3.31. The summed E-state index contributed by atoms with van der Waals surface area (Å²) in [6, 6.07) is 11.2. The van der Waals surface area contributed by atoms with E-state index in [0.717, 1.165) is 16.5 Å². The van der Waals surface area contributed by atoms with Crippen molar-refractivity contribution in [2.45, 2.75) is 58.2 Å². The number of anilines is 1. The van der Waals surface area contributed by atoms with Crippen LogP contribution in [0.1, 0.15) is 58.4 Å². The highest BCUT2D eigenvalue weighted by atomic mass is 35.5. The van der Waals surface area contributed by atoms with E-state index in [0.29, 0.717) is 45.6 Å². The molecule has 0 saturated carbocycles. The Balaban J connectivity index is 0.00000368. The van der Waals surface area contributed by atoms with Crippen LogP contribution in [0.4, 0.5) is 10.2 Å². The Morgan fingerprint density at radius 1 is 1.12 bits per heavy atom. The van der Waals surface area contributed by atoms with E-state index in [1.165, 1.54) is 25.6 Å². The zero-order valence-electron chi connectivity index (χ0n) is 24.9. The maximum Gasteiger partial charge on any atom is 0.343 e. The van der Waals surface area contributed by atoms with Gasteiger partial charge in [0.25, 0.3) is 0 Å². The van der Waals surface area contributed by atoms with E-state index in [4.69, 9.17) is 20.0 Å². The Kier molecular flexibility index (Phi) is 7.56. The lowest BCUT2D eigenvalue weighted by atomic mass is 9.79. The Morgan fingerprint density at radius 2 is 1.84 bits per heavy atom. The first-order valence-electron chi connectivity index (χ1n) is 13.8. The van der Waals surface area contributed by atoms with Gasteiger partial charge in [-0.1, -0.05) is 24.3 Å². The van der Waals surface area contributed by atoms with Gasteiger partial charge in [-0.2, -0.15) is 5.10 Å². The summed E-state index contributed by atoms with van der Waals surface area (Å²) in [5.41, 5.74) is 8.56. The predicted molar refractivity (Wildman–Crippen MR) is 169 cm³/mol. The summed E-state index contributed by atoms with van der Waals surface area (Å²) < 4.78 is 27.7. The quantitative estimate of drug-likeness (QED) is 0.240. The SMILES string of the molecule is COc1cc(F)cc(-c2nn(C(C)c3oc(=O)c4ccccc4c3C3=CC(C)(C)NC(C)(C)C3)c3ncnc(N)c23)c1.Cl. The minimum Gasteiger partial charge on any atom is -0.497 e. The van der Waals surface area contributed by atoms with Crippen LogP contribution in [0.5, 0.6) is 5.75 Å². The van der Waals surface area contributed by atoms with E-state index in [-0.39, 0.29) is 29.3 Å². The van der Waals surface area contributed by atoms with E-state index in [2.05, 4.69) is 49.1 Å². The monoisotopic (exact) mass is 604 g/mol. The normalized spacial score (nSPS) is 16.5. The van der Waals surface area contributed by atoms with Crippen molar-refractivity contribution in [3.8, 4) is 17.0 Å². The van der Waals surface area contributed by atoms with Gasteiger partial charge >= 0.3 is 5.63 Å². The molecular formula is C32H34ClFN6O3. The molecule has 0 bridgehead atoms. The highest BCUT2D eigenvalue weighted by Crippen LogP contribution is 2.41. The minimum atomic E-state index is -0.597. The molecule has 2 aromatic carbocycles. The van der Waals surface area contributed by atoms with Gasteiger partial charge in [0.2, 0.25) is 0 Å². The van der Waals surface area contributed by atoms with Crippen molar-refractivity contribution in [1.29, 1.82) is 0 Å². The van der Waals surface area contributed by atoms with Crippen molar-refractivity contribution in [1.82, 2.24) is 25.1 Å². The van der Waals surface area contributed by atoms with Crippen LogP contribution in [0.2, 0.25) is 0 Å². The number of nitrogens with one attached hydrogen (secondary N) is 1. The molecule has 0 amide bonds. The van der Waals surface area contributed by atoms with Crippen molar-refractivity contribution in [2.75, 3.05) is 12.8 Å². The van der Waals surface area contributed by atoms with Gasteiger partial charge in [0.05, 0.1) is 17.9 Å². The molecule has 9 nitrogen and oxygen atoms in total. The number of nitrogen functional groups attached to an aromatic ring is 1. The number of ether oxygens (including phenoxy) is 1. The van der Waals surface area contributed by atoms with Crippen molar-refractivity contribution in [3.05, 3.63) is 82.4 Å². The largest absolute Gasteiger partial charge is 0.497 e. The van der Waals surface area contributed by atoms with Crippen LogP contribution in [0.3, 0.4) is 0 Å². The zero-order valence-corrected chi connectivity index (χ0v) is 25.7. The van der Waals surface area contributed by atoms with E-state index in [1.54, 1.807) is 16.8 Å². The molecule has 3 aromatic heterocycles. The second-order valence-electron chi connectivity index (χ2n) is 12.1. The van der Waals surface area contributed by atoms with E-state index < -0.39 is 17.5 Å². The van der Waals surface area contributed by atoms with Crippen molar-refractivity contribution < 1.29 is 13.5 Å². The van der Waals surface area contributed by atoms with E-state index >= 15 is 0 Å². The molecule has 1 atom stereocenters. The molecule has 11 heteroatoms. The van der Waals surface area contributed by atoms with Crippen LogP contribution in [0.15, 0.2) is 64.1 Å². The molecule has 43 heavy (non-hydrogen) atoms. The molecule has 5 aromatic rings. The summed E-state index contributed by atoms with van der Waals surface area (Å²) in [5, 5.41) is 10.3. The van der Waals surface area contributed by atoms with Crippen LogP contribution in [-0.4, -0.2) is 37.9 Å². The molecule has 0 aliphatic carbocycles. The fourth-order valence-electron chi connectivity index (χ4n) is 6.31.